The number of piperidine rings is 1. The first-order valence-electron chi connectivity index (χ1n) is 7.53. The quantitative estimate of drug-likeness (QED) is 0.671. The number of methoxy groups -OCH3 is 1. The first-order chi connectivity index (χ1) is 9.56. The second-order valence-corrected chi connectivity index (χ2v) is 5.47. The molecule has 1 aliphatic heterocycles. The van der Waals surface area contributed by atoms with Crippen molar-refractivity contribution in [1.82, 2.24) is 4.90 Å². The van der Waals surface area contributed by atoms with E-state index < -0.39 is 0 Å². The minimum atomic E-state index is -0.148. The van der Waals surface area contributed by atoms with Gasteiger partial charge in [-0.05, 0) is 38.5 Å². The molecule has 0 saturated carbocycles. The Hall–Kier alpha value is -1.10. The summed E-state index contributed by atoms with van der Waals surface area (Å²) in [5.41, 5.74) is 0. The van der Waals surface area contributed by atoms with Crippen LogP contribution in [0.3, 0.4) is 0 Å². The van der Waals surface area contributed by atoms with Gasteiger partial charge in [0.2, 0.25) is 5.91 Å². The third-order valence-corrected chi connectivity index (χ3v) is 4.02. The number of hydrogen-bond donors (Lipinski definition) is 0. The third kappa shape index (κ3) is 5.90. The molecule has 1 rings (SSSR count). The molecule has 1 fully saturated rings. The van der Waals surface area contributed by atoms with Gasteiger partial charge < -0.3 is 14.4 Å². The second-order valence-electron chi connectivity index (χ2n) is 5.47. The van der Waals surface area contributed by atoms with E-state index in [-0.39, 0.29) is 24.6 Å². The zero-order valence-corrected chi connectivity index (χ0v) is 12.9. The van der Waals surface area contributed by atoms with Crippen molar-refractivity contribution in [3.05, 3.63) is 0 Å². The van der Waals surface area contributed by atoms with Crippen LogP contribution in [0.4, 0.5) is 0 Å². The summed E-state index contributed by atoms with van der Waals surface area (Å²) < 4.78 is 10.1. The van der Waals surface area contributed by atoms with Crippen molar-refractivity contribution in [2.75, 3.05) is 26.8 Å². The van der Waals surface area contributed by atoms with Crippen LogP contribution in [-0.4, -0.2) is 49.7 Å². The molecule has 0 radical (unpaired) electrons. The number of esters is 1. The standard InChI is InChI=1S/C15H27NO4/c1-4-12(2)20-11-14(17)16-9-7-13(8-10-16)5-6-15(18)19-3/h12-13H,4-11H2,1-3H3. The first-order valence-corrected chi connectivity index (χ1v) is 7.53. The molecule has 0 N–H and O–H groups in total. The normalized spacial score (nSPS) is 17.9. The van der Waals surface area contributed by atoms with Crippen molar-refractivity contribution in [1.29, 1.82) is 0 Å². The highest BCUT2D eigenvalue weighted by atomic mass is 16.5. The predicted molar refractivity (Wildman–Crippen MR) is 76.3 cm³/mol. The van der Waals surface area contributed by atoms with Crippen molar-refractivity contribution in [3.8, 4) is 0 Å². The lowest BCUT2D eigenvalue weighted by atomic mass is 9.92. The molecule has 5 nitrogen and oxygen atoms in total. The second kappa shape index (κ2) is 8.95. The van der Waals surface area contributed by atoms with E-state index in [9.17, 15) is 9.59 Å². The fraction of sp³-hybridized carbons (Fsp3) is 0.867. The Morgan fingerprint density at radius 1 is 1.30 bits per heavy atom. The van der Waals surface area contributed by atoms with Crippen molar-refractivity contribution < 1.29 is 19.1 Å². The smallest absolute Gasteiger partial charge is 0.305 e. The summed E-state index contributed by atoms with van der Waals surface area (Å²) in [5.74, 6) is 0.454. The highest BCUT2D eigenvalue weighted by Gasteiger charge is 2.23. The molecule has 116 valence electrons. The van der Waals surface area contributed by atoms with Crippen LogP contribution in [0.2, 0.25) is 0 Å². The molecule has 1 amide bonds. The predicted octanol–water partition coefficient (Wildman–Crippen LogP) is 1.99. The fourth-order valence-corrected chi connectivity index (χ4v) is 2.32. The molecule has 1 unspecified atom stereocenters. The van der Waals surface area contributed by atoms with Crippen LogP contribution in [0.25, 0.3) is 0 Å². The number of hydrogen-bond acceptors (Lipinski definition) is 4. The lowest BCUT2D eigenvalue weighted by molar-refractivity contribution is -0.142. The van der Waals surface area contributed by atoms with E-state index in [1.54, 1.807) is 0 Å². The molecule has 0 aromatic heterocycles. The summed E-state index contributed by atoms with van der Waals surface area (Å²) in [6.07, 6.45) is 4.32. The van der Waals surface area contributed by atoms with Gasteiger partial charge in [0.05, 0.1) is 13.2 Å². The van der Waals surface area contributed by atoms with Crippen molar-refractivity contribution >= 4 is 11.9 Å². The summed E-state index contributed by atoms with van der Waals surface area (Å²) >= 11 is 0. The van der Waals surface area contributed by atoms with Crippen LogP contribution in [0.1, 0.15) is 46.0 Å². The van der Waals surface area contributed by atoms with Gasteiger partial charge in [-0.25, -0.2) is 0 Å². The van der Waals surface area contributed by atoms with Crippen molar-refractivity contribution in [3.63, 3.8) is 0 Å². The number of carbonyl (C=O) groups excluding carboxylic acids is 2. The summed E-state index contributed by atoms with van der Waals surface area (Å²) in [4.78, 5) is 24.9. The molecule has 1 atom stereocenters. The van der Waals surface area contributed by atoms with Gasteiger partial charge in [-0.3, -0.25) is 9.59 Å². The average Bonchev–Trinajstić information content (AvgIpc) is 2.50. The number of ether oxygens (including phenoxy) is 2. The van der Waals surface area contributed by atoms with Crippen LogP contribution in [-0.2, 0) is 19.1 Å². The Bertz CT molecular complexity index is 311. The molecular formula is C15H27NO4. The van der Waals surface area contributed by atoms with Gasteiger partial charge in [0.25, 0.3) is 0 Å². The molecule has 0 bridgehead atoms. The molecule has 0 aromatic carbocycles. The Balaban J connectivity index is 2.21. The van der Waals surface area contributed by atoms with Crippen LogP contribution >= 0.6 is 0 Å². The highest BCUT2D eigenvalue weighted by molar-refractivity contribution is 5.77. The number of amides is 1. The Kier molecular flexibility index (Phi) is 7.59. The average molecular weight is 285 g/mol. The van der Waals surface area contributed by atoms with E-state index in [2.05, 4.69) is 4.74 Å². The Labute approximate surface area is 121 Å². The molecule has 1 saturated heterocycles. The monoisotopic (exact) mass is 285 g/mol. The van der Waals surface area contributed by atoms with Crippen LogP contribution < -0.4 is 0 Å². The van der Waals surface area contributed by atoms with E-state index in [0.717, 1.165) is 38.8 Å². The third-order valence-electron chi connectivity index (χ3n) is 4.02. The van der Waals surface area contributed by atoms with Crippen LogP contribution in [0, 0.1) is 5.92 Å². The maximum Gasteiger partial charge on any atom is 0.305 e. The van der Waals surface area contributed by atoms with E-state index in [1.807, 2.05) is 18.7 Å². The fourth-order valence-electron chi connectivity index (χ4n) is 2.32. The molecule has 1 aliphatic rings. The maximum absolute atomic E-state index is 12.0. The Morgan fingerprint density at radius 2 is 1.95 bits per heavy atom. The van der Waals surface area contributed by atoms with E-state index in [4.69, 9.17) is 4.74 Å². The number of rotatable bonds is 7. The molecule has 5 heteroatoms. The molecule has 1 heterocycles. The molecule has 0 aromatic rings. The highest BCUT2D eigenvalue weighted by Crippen LogP contribution is 2.22. The van der Waals surface area contributed by atoms with E-state index in [1.165, 1.54) is 7.11 Å². The van der Waals surface area contributed by atoms with Crippen molar-refractivity contribution in [2.24, 2.45) is 5.92 Å². The Morgan fingerprint density at radius 3 is 2.50 bits per heavy atom. The molecular weight excluding hydrogens is 258 g/mol. The van der Waals surface area contributed by atoms with Crippen LogP contribution in [0.5, 0.6) is 0 Å². The topological polar surface area (TPSA) is 55.8 Å². The van der Waals surface area contributed by atoms with Crippen LogP contribution in [0.15, 0.2) is 0 Å². The van der Waals surface area contributed by atoms with Gasteiger partial charge in [0, 0.05) is 19.5 Å². The SMILES string of the molecule is CCC(C)OCC(=O)N1CCC(CCC(=O)OC)CC1. The maximum atomic E-state index is 12.0. The zero-order valence-electron chi connectivity index (χ0n) is 12.9. The van der Waals surface area contributed by atoms with Gasteiger partial charge in [-0.1, -0.05) is 6.92 Å². The lowest BCUT2D eigenvalue weighted by Crippen LogP contribution is -2.41. The van der Waals surface area contributed by atoms with Gasteiger partial charge in [-0.15, -0.1) is 0 Å². The largest absolute Gasteiger partial charge is 0.469 e. The van der Waals surface area contributed by atoms with Gasteiger partial charge in [0.1, 0.15) is 6.61 Å². The van der Waals surface area contributed by atoms with Crippen molar-refractivity contribution in [2.45, 2.75) is 52.1 Å². The number of nitrogens with zero attached hydrogens (tertiary/aromatic N) is 1. The summed E-state index contributed by atoms with van der Waals surface area (Å²) in [6, 6.07) is 0. The number of likely N-dealkylation sites (tertiary alicyclic amines) is 1. The minimum absolute atomic E-state index is 0.0803. The summed E-state index contributed by atoms with van der Waals surface area (Å²) in [5, 5.41) is 0. The molecule has 20 heavy (non-hydrogen) atoms. The summed E-state index contributed by atoms with van der Waals surface area (Å²) in [6.45, 7) is 5.75. The van der Waals surface area contributed by atoms with Gasteiger partial charge in [-0.2, -0.15) is 0 Å². The molecule has 0 spiro atoms. The number of carbonyl (C=O) groups is 2. The van der Waals surface area contributed by atoms with E-state index in [0.29, 0.717) is 12.3 Å². The van der Waals surface area contributed by atoms with Gasteiger partial charge >= 0.3 is 5.97 Å². The van der Waals surface area contributed by atoms with Gasteiger partial charge in [0.15, 0.2) is 0 Å². The minimum Gasteiger partial charge on any atom is -0.469 e. The van der Waals surface area contributed by atoms with E-state index >= 15 is 0 Å². The first kappa shape index (κ1) is 17.0. The lowest BCUT2D eigenvalue weighted by Gasteiger charge is -2.32. The zero-order chi connectivity index (χ0) is 15.0. The summed E-state index contributed by atoms with van der Waals surface area (Å²) in [7, 11) is 1.42. The molecule has 0 aliphatic carbocycles.